The first-order valence-electron chi connectivity index (χ1n) is 8.08. The zero-order valence-electron chi connectivity index (χ0n) is 13.5. The van der Waals surface area contributed by atoms with Gasteiger partial charge in [-0.25, -0.2) is 9.78 Å². The Labute approximate surface area is 136 Å². The number of esters is 1. The minimum atomic E-state index is -0.550. The minimum absolute atomic E-state index is 0.0765. The Kier molecular flexibility index (Phi) is 9.62. The van der Waals surface area contributed by atoms with Crippen molar-refractivity contribution in [1.29, 1.82) is 0 Å². The van der Waals surface area contributed by atoms with Gasteiger partial charge in [0.05, 0.1) is 6.61 Å². The van der Waals surface area contributed by atoms with Crippen molar-refractivity contribution < 1.29 is 9.53 Å². The van der Waals surface area contributed by atoms with Crippen LogP contribution < -0.4 is 5.56 Å². The van der Waals surface area contributed by atoms with E-state index in [4.69, 9.17) is 4.74 Å². The minimum Gasteiger partial charge on any atom is -0.461 e. The number of thioether (sulfide) groups is 1. The lowest BCUT2D eigenvalue weighted by molar-refractivity contribution is 0.0518. The third-order valence-electron chi connectivity index (χ3n) is 3.19. The van der Waals surface area contributed by atoms with Crippen LogP contribution in [-0.4, -0.2) is 28.3 Å². The number of aromatic amines is 1. The van der Waals surface area contributed by atoms with Gasteiger partial charge in [0.15, 0.2) is 10.9 Å². The smallest absolute Gasteiger partial charge is 0.357 e. The molecule has 0 amide bonds. The van der Waals surface area contributed by atoms with Gasteiger partial charge in [0.25, 0.3) is 5.56 Å². The summed E-state index contributed by atoms with van der Waals surface area (Å²) in [5, 5.41) is 0.488. The number of H-pyrrole nitrogens is 1. The quantitative estimate of drug-likeness (QED) is 0.290. The highest BCUT2D eigenvalue weighted by Gasteiger charge is 2.11. The van der Waals surface area contributed by atoms with E-state index in [9.17, 15) is 9.59 Å². The Morgan fingerprint density at radius 1 is 1.18 bits per heavy atom. The van der Waals surface area contributed by atoms with Crippen LogP contribution in [0.5, 0.6) is 0 Å². The fourth-order valence-electron chi connectivity index (χ4n) is 2.04. The lowest BCUT2D eigenvalue weighted by Crippen LogP contribution is -2.15. The van der Waals surface area contributed by atoms with Crippen LogP contribution in [0.15, 0.2) is 16.0 Å². The van der Waals surface area contributed by atoms with Crippen LogP contribution in [0.2, 0.25) is 0 Å². The summed E-state index contributed by atoms with van der Waals surface area (Å²) < 4.78 is 4.86. The van der Waals surface area contributed by atoms with Crippen molar-refractivity contribution >= 4 is 17.7 Å². The third-order valence-corrected chi connectivity index (χ3v) is 4.15. The normalized spacial score (nSPS) is 10.6. The average molecular weight is 326 g/mol. The van der Waals surface area contributed by atoms with Gasteiger partial charge in [-0.3, -0.25) is 4.79 Å². The molecule has 1 N–H and O–H groups in total. The Bertz CT molecular complexity index is 502. The summed E-state index contributed by atoms with van der Waals surface area (Å²) in [5.41, 5.74) is -0.243. The van der Waals surface area contributed by atoms with Gasteiger partial charge in [-0.05, 0) is 13.3 Å². The number of aromatic nitrogens is 2. The average Bonchev–Trinajstić information content (AvgIpc) is 2.49. The molecule has 6 heteroatoms. The molecule has 1 aromatic rings. The number of hydrogen-bond acceptors (Lipinski definition) is 5. The van der Waals surface area contributed by atoms with Crippen LogP contribution in [0.25, 0.3) is 0 Å². The van der Waals surface area contributed by atoms with Gasteiger partial charge in [-0.15, -0.1) is 0 Å². The third kappa shape index (κ3) is 7.64. The van der Waals surface area contributed by atoms with Crippen LogP contribution >= 0.6 is 11.8 Å². The topological polar surface area (TPSA) is 72.0 Å². The standard InChI is InChI=1S/C16H26N2O3S/c1-3-5-6-7-8-9-10-11-22-16-17-13(12-14(19)18-16)15(20)21-4-2/h12H,3-11H2,1-2H3,(H,17,18,19). The highest BCUT2D eigenvalue weighted by molar-refractivity contribution is 7.99. The predicted octanol–water partition coefficient (Wildman–Crippen LogP) is 3.79. The summed E-state index contributed by atoms with van der Waals surface area (Å²) in [6.07, 6.45) is 8.74. The molecule has 1 rings (SSSR count). The van der Waals surface area contributed by atoms with E-state index < -0.39 is 5.97 Å². The van der Waals surface area contributed by atoms with Crippen molar-refractivity contribution in [3.8, 4) is 0 Å². The second-order valence-electron chi connectivity index (χ2n) is 5.13. The highest BCUT2D eigenvalue weighted by Crippen LogP contribution is 2.15. The Morgan fingerprint density at radius 3 is 2.55 bits per heavy atom. The summed E-state index contributed by atoms with van der Waals surface area (Å²) in [7, 11) is 0. The molecule has 0 atom stereocenters. The highest BCUT2D eigenvalue weighted by atomic mass is 32.2. The van der Waals surface area contributed by atoms with Crippen molar-refractivity contribution in [1.82, 2.24) is 9.97 Å². The Balaban J connectivity index is 2.33. The molecule has 0 aliphatic carbocycles. The molecule has 0 bridgehead atoms. The molecule has 0 aliphatic heterocycles. The summed E-state index contributed by atoms with van der Waals surface area (Å²) in [6.45, 7) is 4.21. The van der Waals surface area contributed by atoms with Crippen LogP contribution in [-0.2, 0) is 4.74 Å². The van der Waals surface area contributed by atoms with Gasteiger partial charge in [-0.2, -0.15) is 0 Å². The molecule has 22 heavy (non-hydrogen) atoms. The number of rotatable bonds is 11. The SMILES string of the molecule is CCCCCCCCCSc1nc(C(=O)OCC)cc(=O)[nH]1. The molecule has 0 radical (unpaired) electrons. The van der Waals surface area contributed by atoms with Crippen molar-refractivity contribution in [3.63, 3.8) is 0 Å². The monoisotopic (exact) mass is 326 g/mol. The second-order valence-corrected chi connectivity index (χ2v) is 6.21. The van der Waals surface area contributed by atoms with E-state index in [-0.39, 0.29) is 17.9 Å². The molecule has 0 saturated heterocycles. The first-order valence-corrected chi connectivity index (χ1v) is 9.07. The molecule has 0 fully saturated rings. The van der Waals surface area contributed by atoms with E-state index in [0.29, 0.717) is 5.16 Å². The maximum Gasteiger partial charge on any atom is 0.357 e. The molecular formula is C16H26N2O3S. The lowest BCUT2D eigenvalue weighted by atomic mass is 10.1. The van der Waals surface area contributed by atoms with E-state index in [1.807, 2.05) is 0 Å². The number of hydrogen-bond donors (Lipinski definition) is 1. The molecule has 1 heterocycles. The van der Waals surface area contributed by atoms with Gasteiger partial charge in [-0.1, -0.05) is 57.2 Å². The van der Waals surface area contributed by atoms with Crippen molar-refractivity contribution in [3.05, 3.63) is 22.1 Å². The molecule has 0 saturated carbocycles. The maximum absolute atomic E-state index is 11.6. The van der Waals surface area contributed by atoms with Gasteiger partial charge in [0, 0.05) is 11.8 Å². The number of ether oxygens (including phenoxy) is 1. The summed E-state index contributed by atoms with van der Waals surface area (Å²) >= 11 is 1.48. The van der Waals surface area contributed by atoms with E-state index in [0.717, 1.165) is 12.2 Å². The van der Waals surface area contributed by atoms with Crippen LogP contribution in [0.3, 0.4) is 0 Å². The molecule has 124 valence electrons. The van der Waals surface area contributed by atoms with Gasteiger partial charge >= 0.3 is 5.97 Å². The Hall–Kier alpha value is -1.30. The maximum atomic E-state index is 11.6. The van der Waals surface area contributed by atoms with E-state index >= 15 is 0 Å². The van der Waals surface area contributed by atoms with Gasteiger partial charge in [0.1, 0.15) is 0 Å². The number of nitrogens with zero attached hydrogens (tertiary/aromatic N) is 1. The lowest BCUT2D eigenvalue weighted by Gasteiger charge is -2.04. The molecule has 0 unspecified atom stereocenters. The Morgan fingerprint density at radius 2 is 1.86 bits per heavy atom. The number of carbonyl (C=O) groups is 1. The zero-order valence-corrected chi connectivity index (χ0v) is 14.3. The summed E-state index contributed by atoms with van der Waals surface area (Å²) in [4.78, 5) is 29.9. The number of nitrogens with one attached hydrogen (secondary N) is 1. The fourth-order valence-corrected chi connectivity index (χ4v) is 2.92. The first kappa shape index (κ1) is 18.7. The molecular weight excluding hydrogens is 300 g/mol. The molecule has 5 nitrogen and oxygen atoms in total. The van der Waals surface area contributed by atoms with Crippen molar-refractivity contribution in [2.45, 2.75) is 63.9 Å². The molecule has 0 spiro atoms. The van der Waals surface area contributed by atoms with E-state index in [2.05, 4.69) is 16.9 Å². The molecule has 0 aliphatic rings. The van der Waals surface area contributed by atoms with Gasteiger partial charge < -0.3 is 9.72 Å². The largest absolute Gasteiger partial charge is 0.461 e. The van der Waals surface area contributed by atoms with Crippen molar-refractivity contribution in [2.75, 3.05) is 12.4 Å². The zero-order chi connectivity index (χ0) is 16.2. The molecule has 1 aromatic heterocycles. The summed E-state index contributed by atoms with van der Waals surface area (Å²) in [6, 6.07) is 1.18. The van der Waals surface area contributed by atoms with Gasteiger partial charge in [0.2, 0.25) is 0 Å². The van der Waals surface area contributed by atoms with Crippen molar-refractivity contribution in [2.24, 2.45) is 0 Å². The second kappa shape index (κ2) is 11.3. The van der Waals surface area contributed by atoms with Crippen LogP contribution in [0, 0.1) is 0 Å². The fraction of sp³-hybridized carbons (Fsp3) is 0.688. The number of carbonyl (C=O) groups excluding carboxylic acids is 1. The number of unbranched alkanes of at least 4 members (excludes halogenated alkanes) is 6. The predicted molar refractivity (Wildman–Crippen MR) is 89.5 cm³/mol. The van der Waals surface area contributed by atoms with E-state index in [1.165, 1.54) is 56.4 Å². The van der Waals surface area contributed by atoms with Crippen LogP contribution in [0.4, 0.5) is 0 Å². The first-order chi connectivity index (χ1) is 10.7. The molecule has 0 aromatic carbocycles. The van der Waals surface area contributed by atoms with Crippen LogP contribution in [0.1, 0.15) is 69.3 Å². The summed E-state index contributed by atoms with van der Waals surface area (Å²) in [5.74, 6) is 0.342. The van der Waals surface area contributed by atoms with E-state index in [1.54, 1.807) is 6.92 Å².